The van der Waals surface area contributed by atoms with Crippen molar-refractivity contribution in [3.63, 3.8) is 0 Å². The van der Waals surface area contributed by atoms with Gasteiger partial charge in [-0.2, -0.15) is 0 Å². The topological polar surface area (TPSA) is 76.4 Å². The molecule has 0 fully saturated rings. The zero-order valence-corrected chi connectivity index (χ0v) is 22.0. The highest BCUT2D eigenvalue weighted by Crippen LogP contribution is 2.25. The lowest BCUT2D eigenvalue weighted by atomic mass is 10.0. The van der Waals surface area contributed by atoms with Gasteiger partial charge in [-0.05, 0) is 36.7 Å². The lowest BCUT2D eigenvalue weighted by molar-refractivity contribution is -0.119. The Balaban J connectivity index is 2.00. The number of unbranched alkanes of at least 4 members (excludes halogenated alkanes) is 14. The first-order chi connectivity index (χ1) is 16.7. The first kappa shape index (κ1) is 30.0. The van der Waals surface area contributed by atoms with Crippen LogP contribution in [0.1, 0.15) is 109 Å². The number of carbonyl (C=O) groups is 1. The zero-order valence-electron chi connectivity index (χ0n) is 22.0. The minimum atomic E-state index is -0.0121. The van der Waals surface area contributed by atoms with Crippen molar-refractivity contribution in [3.05, 3.63) is 36.0 Å². The van der Waals surface area contributed by atoms with Crippen LogP contribution < -0.4 is 21.1 Å². The van der Waals surface area contributed by atoms with E-state index in [9.17, 15) is 4.79 Å². The van der Waals surface area contributed by atoms with E-state index in [-0.39, 0.29) is 5.91 Å². The summed E-state index contributed by atoms with van der Waals surface area (Å²) in [6.07, 6.45) is 24.5. The number of allylic oxidation sites excluding steroid dienone is 1. The van der Waals surface area contributed by atoms with E-state index < -0.39 is 0 Å². The van der Waals surface area contributed by atoms with Crippen LogP contribution in [0.15, 0.2) is 30.5 Å². The van der Waals surface area contributed by atoms with Gasteiger partial charge in [0.1, 0.15) is 5.75 Å². The largest absolute Gasteiger partial charge is 0.495 e. The van der Waals surface area contributed by atoms with Crippen LogP contribution in [0.25, 0.3) is 0 Å². The molecular weight excluding hydrogens is 422 g/mol. The van der Waals surface area contributed by atoms with Crippen LogP contribution in [0.2, 0.25) is 0 Å². The van der Waals surface area contributed by atoms with E-state index in [1.807, 2.05) is 18.2 Å². The molecule has 0 unspecified atom stereocenters. The molecule has 0 aliphatic heterocycles. The van der Waals surface area contributed by atoms with Crippen molar-refractivity contribution < 1.29 is 9.53 Å². The Bertz CT molecular complexity index is 661. The normalized spacial score (nSPS) is 11.1. The minimum absolute atomic E-state index is 0.0121. The van der Waals surface area contributed by atoms with E-state index in [0.717, 1.165) is 23.4 Å². The standard InChI is InChI=1S/C29H51N3O2/c1-3-4-5-6-7-8-9-10-11-12-13-14-15-16-17-18-22-32-29(33)25-26-19-20-27(31-23-21-30)28(24-26)34-2/h18-20,22,24,31H,3-17,21,23,25,30H2,1-2H3,(H,32,33). The molecule has 0 aromatic heterocycles. The van der Waals surface area contributed by atoms with Crippen LogP contribution in [0.3, 0.4) is 0 Å². The quantitative estimate of drug-likeness (QED) is 0.157. The molecule has 4 N–H and O–H groups in total. The molecule has 194 valence electrons. The van der Waals surface area contributed by atoms with Gasteiger partial charge in [0, 0.05) is 13.1 Å². The van der Waals surface area contributed by atoms with Gasteiger partial charge in [-0.1, -0.05) is 103 Å². The maximum absolute atomic E-state index is 12.2. The molecule has 5 nitrogen and oxygen atoms in total. The molecular formula is C29H51N3O2. The van der Waals surface area contributed by atoms with Gasteiger partial charge in [-0.25, -0.2) is 0 Å². The Morgan fingerprint density at radius 2 is 1.50 bits per heavy atom. The molecule has 0 bridgehead atoms. The van der Waals surface area contributed by atoms with Crippen molar-refractivity contribution in [2.45, 2.75) is 110 Å². The Hall–Kier alpha value is -2.01. The molecule has 0 atom stereocenters. The maximum Gasteiger partial charge on any atom is 0.228 e. The van der Waals surface area contributed by atoms with Crippen LogP contribution in [-0.4, -0.2) is 26.1 Å². The Labute approximate surface area is 209 Å². The number of amides is 1. The second-order valence-electron chi connectivity index (χ2n) is 9.28. The van der Waals surface area contributed by atoms with E-state index in [0.29, 0.717) is 19.5 Å². The van der Waals surface area contributed by atoms with Crippen molar-refractivity contribution in [2.75, 3.05) is 25.5 Å². The van der Waals surface area contributed by atoms with Gasteiger partial charge >= 0.3 is 0 Å². The maximum atomic E-state index is 12.2. The first-order valence-corrected chi connectivity index (χ1v) is 13.8. The zero-order chi connectivity index (χ0) is 24.7. The fraction of sp³-hybridized carbons (Fsp3) is 0.690. The number of ether oxygens (including phenoxy) is 1. The van der Waals surface area contributed by atoms with Crippen LogP contribution >= 0.6 is 0 Å². The summed E-state index contributed by atoms with van der Waals surface area (Å²) in [5.74, 6) is 0.717. The monoisotopic (exact) mass is 473 g/mol. The summed E-state index contributed by atoms with van der Waals surface area (Å²) in [4.78, 5) is 12.2. The lowest BCUT2D eigenvalue weighted by Crippen LogP contribution is -2.19. The predicted molar refractivity (Wildman–Crippen MR) is 146 cm³/mol. The molecule has 1 aromatic rings. The molecule has 1 rings (SSSR count). The number of nitrogens with two attached hydrogens (primary N) is 1. The number of hydrogen-bond acceptors (Lipinski definition) is 4. The summed E-state index contributed by atoms with van der Waals surface area (Å²) in [6.45, 7) is 3.51. The third-order valence-electron chi connectivity index (χ3n) is 6.18. The summed E-state index contributed by atoms with van der Waals surface area (Å²) in [5.41, 5.74) is 7.35. The summed E-state index contributed by atoms with van der Waals surface area (Å²) in [6, 6.07) is 5.78. The third kappa shape index (κ3) is 15.8. The second-order valence-corrected chi connectivity index (χ2v) is 9.28. The number of hydrogen-bond donors (Lipinski definition) is 3. The van der Waals surface area contributed by atoms with Crippen LogP contribution in [0.5, 0.6) is 5.75 Å². The molecule has 1 aromatic carbocycles. The summed E-state index contributed by atoms with van der Waals surface area (Å²) >= 11 is 0. The molecule has 0 aliphatic rings. The van der Waals surface area contributed by atoms with Crippen LogP contribution in [0, 0.1) is 0 Å². The number of benzene rings is 1. The lowest BCUT2D eigenvalue weighted by Gasteiger charge is -2.12. The van der Waals surface area contributed by atoms with Crippen molar-refractivity contribution in [3.8, 4) is 5.75 Å². The van der Waals surface area contributed by atoms with E-state index in [1.165, 1.54) is 89.9 Å². The summed E-state index contributed by atoms with van der Waals surface area (Å²) in [5, 5.41) is 6.09. The second kappa shape index (κ2) is 21.5. The van der Waals surface area contributed by atoms with Crippen molar-refractivity contribution in [2.24, 2.45) is 5.73 Å². The van der Waals surface area contributed by atoms with Gasteiger partial charge in [0.05, 0.1) is 19.2 Å². The Kier molecular flexibility index (Phi) is 19.0. The van der Waals surface area contributed by atoms with Gasteiger partial charge in [-0.3, -0.25) is 4.79 Å². The number of rotatable bonds is 22. The first-order valence-electron chi connectivity index (χ1n) is 13.8. The van der Waals surface area contributed by atoms with E-state index in [4.69, 9.17) is 10.5 Å². The van der Waals surface area contributed by atoms with E-state index in [1.54, 1.807) is 13.3 Å². The van der Waals surface area contributed by atoms with Crippen LogP contribution in [0.4, 0.5) is 5.69 Å². The molecule has 0 radical (unpaired) electrons. The van der Waals surface area contributed by atoms with Gasteiger partial charge in [0.2, 0.25) is 5.91 Å². The van der Waals surface area contributed by atoms with E-state index >= 15 is 0 Å². The van der Waals surface area contributed by atoms with Gasteiger partial charge < -0.3 is 21.1 Å². The molecule has 1 amide bonds. The smallest absolute Gasteiger partial charge is 0.228 e. The molecule has 0 aliphatic carbocycles. The predicted octanol–water partition coefficient (Wildman–Crippen LogP) is 7.11. The van der Waals surface area contributed by atoms with Gasteiger partial charge in [0.25, 0.3) is 0 Å². The third-order valence-corrected chi connectivity index (χ3v) is 6.18. The number of methoxy groups -OCH3 is 1. The molecule has 34 heavy (non-hydrogen) atoms. The Morgan fingerprint density at radius 1 is 0.912 bits per heavy atom. The van der Waals surface area contributed by atoms with Crippen molar-refractivity contribution >= 4 is 11.6 Å². The van der Waals surface area contributed by atoms with Gasteiger partial charge in [-0.15, -0.1) is 0 Å². The van der Waals surface area contributed by atoms with E-state index in [2.05, 4.69) is 23.6 Å². The molecule has 0 spiro atoms. The number of anilines is 1. The molecule has 0 saturated carbocycles. The fourth-order valence-electron chi connectivity index (χ4n) is 4.13. The molecule has 0 heterocycles. The summed E-state index contributed by atoms with van der Waals surface area (Å²) in [7, 11) is 1.63. The van der Waals surface area contributed by atoms with Gasteiger partial charge in [0.15, 0.2) is 0 Å². The summed E-state index contributed by atoms with van der Waals surface area (Å²) < 4.78 is 5.41. The molecule has 0 saturated heterocycles. The highest BCUT2D eigenvalue weighted by Gasteiger charge is 2.07. The minimum Gasteiger partial charge on any atom is -0.495 e. The number of nitrogens with one attached hydrogen (secondary N) is 2. The highest BCUT2D eigenvalue weighted by molar-refractivity contribution is 5.80. The highest BCUT2D eigenvalue weighted by atomic mass is 16.5. The fourth-order valence-corrected chi connectivity index (χ4v) is 4.13. The van der Waals surface area contributed by atoms with Crippen molar-refractivity contribution in [1.29, 1.82) is 0 Å². The Morgan fingerprint density at radius 3 is 2.06 bits per heavy atom. The average Bonchev–Trinajstić information content (AvgIpc) is 2.85. The molecule has 5 heteroatoms. The average molecular weight is 474 g/mol. The SMILES string of the molecule is CCCCCCCCCCCCCCCCC=CNC(=O)Cc1ccc(NCCN)c(OC)c1. The number of carbonyl (C=O) groups excluding carboxylic acids is 1. The van der Waals surface area contributed by atoms with Crippen LogP contribution in [-0.2, 0) is 11.2 Å². The van der Waals surface area contributed by atoms with Crippen molar-refractivity contribution in [1.82, 2.24) is 5.32 Å².